The molecule has 1 aliphatic rings. The molecular weight excluding hydrogens is 474 g/mol. The molecule has 2 atom stereocenters. The molecule has 1 amide bonds. The Morgan fingerprint density at radius 1 is 1.12 bits per heavy atom. The number of aryl methyl sites for hydroxylation is 1. The number of carbonyl (C=O) groups is 1. The lowest BCUT2D eigenvalue weighted by molar-refractivity contribution is 0.100. The first-order valence-electron chi connectivity index (χ1n) is 10.2. The summed E-state index contributed by atoms with van der Waals surface area (Å²) in [6.07, 6.45) is 10.7. The summed E-state index contributed by atoms with van der Waals surface area (Å²) in [5, 5.41) is 12.2. The fourth-order valence-electron chi connectivity index (χ4n) is 4.10. The third kappa shape index (κ3) is 3.68. The maximum atomic E-state index is 12.2. The monoisotopic (exact) mass is 495 g/mol. The Balaban J connectivity index is 1.49. The molecule has 0 spiro atoms. The van der Waals surface area contributed by atoms with Crippen LogP contribution < -0.4 is 16.0 Å². The van der Waals surface area contributed by atoms with Gasteiger partial charge in [0, 0.05) is 62.1 Å². The molecule has 10 nitrogen and oxygen atoms in total. The van der Waals surface area contributed by atoms with Crippen molar-refractivity contribution >= 4 is 39.0 Å². The molecule has 0 aliphatic carbocycles. The molecule has 164 valence electrons. The molecule has 0 saturated carbocycles. The second-order valence-corrected chi connectivity index (χ2v) is 9.01. The first-order valence-corrected chi connectivity index (χ1v) is 11.0. The van der Waals surface area contributed by atoms with Crippen LogP contribution in [0.3, 0.4) is 0 Å². The van der Waals surface area contributed by atoms with Gasteiger partial charge >= 0.3 is 0 Å². The van der Waals surface area contributed by atoms with Crippen LogP contribution in [0.15, 0.2) is 47.7 Å². The highest BCUT2D eigenvalue weighted by atomic mass is 79.9. The molecule has 3 N–H and O–H groups in total. The van der Waals surface area contributed by atoms with Crippen molar-refractivity contribution in [1.82, 2.24) is 29.4 Å². The number of hydrogen-bond donors (Lipinski definition) is 2. The summed E-state index contributed by atoms with van der Waals surface area (Å²) in [4.78, 5) is 23.2. The van der Waals surface area contributed by atoms with Crippen LogP contribution >= 0.6 is 15.9 Å². The molecule has 0 unspecified atom stereocenters. The van der Waals surface area contributed by atoms with Gasteiger partial charge in [-0.25, -0.2) is 14.5 Å². The Morgan fingerprint density at radius 3 is 2.59 bits per heavy atom. The van der Waals surface area contributed by atoms with E-state index in [4.69, 9.17) is 5.73 Å². The number of rotatable bonds is 5. The SMILES string of the molecule is C[C@H]1CN(c2ncc(Br)cn2)C[C@H]1Nc1c(C(N)=O)cnn2cc(-c3cnn(C)c3)cc12. The summed E-state index contributed by atoms with van der Waals surface area (Å²) in [5.41, 5.74) is 9.44. The lowest BCUT2D eigenvalue weighted by Gasteiger charge is -2.20. The van der Waals surface area contributed by atoms with Crippen LogP contribution in [0, 0.1) is 5.92 Å². The van der Waals surface area contributed by atoms with Crippen molar-refractivity contribution in [1.29, 1.82) is 0 Å². The average Bonchev–Trinajstić information content (AvgIpc) is 3.47. The van der Waals surface area contributed by atoms with Crippen LogP contribution in [0.1, 0.15) is 17.3 Å². The van der Waals surface area contributed by atoms with Crippen LogP contribution in [-0.2, 0) is 7.05 Å². The maximum absolute atomic E-state index is 12.2. The van der Waals surface area contributed by atoms with Crippen LogP contribution in [0.5, 0.6) is 0 Å². The highest BCUT2D eigenvalue weighted by Gasteiger charge is 2.32. The predicted molar refractivity (Wildman–Crippen MR) is 124 cm³/mol. The van der Waals surface area contributed by atoms with E-state index in [1.807, 2.05) is 25.5 Å². The number of nitrogens with zero attached hydrogens (tertiary/aromatic N) is 7. The smallest absolute Gasteiger partial charge is 0.252 e. The quantitative estimate of drug-likeness (QED) is 0.435. The number of anilines is 2. The average molecular weight is 496 g/mol. The summed E-state index contributed by atoms with van der Waals surface area (Å²) in [5.74, 6) is 0.454. The van der Waals surface area contributed by atoms with Crippen LogP contribution in [-0.4, -0.2) is 54.4 Å². The van der Waals surface area contributed by atoms with Gasteiger partial charge < -0.3 is 16.0 Å². The van der Waals surface area contributed by atoms with E-state index in [9.17, 15) is 4.79 Å². The van der Waals surface area contributed by atoms with Crippen molar-refractivity contribution in [3.8, 4) is 11.1 Å². The van der Waals surface area contributed by atoms with E-state index in [0.29, 0.717) is 29.7 Å². The highest BCUT2D eigenvalue weighted by molar-refractivity contribution is 9.10. The number of halogens is 1. The largest absolute Gasteiger partial charge is 0.378 e. The second-order valence-electron chi connectivity index (χ2n) is 8.09. The molecule has 32 heavy (non-hydrogen) atoms. The van der Waals surface area contributed by atoms with Gasteiger partial charge in [0.25, 0.3) is 5.91 Å². The third-order valence-corrected chi connectivity index (χ3v) is 6.18. The van der Waals surface area contributed by atoms with Gasteiger partial charge in [-0.3, -0.25) is 9.48 Å². The van der Waals surface area contributed by atoms with E-state index in [2.05, 4.69) is 53.2 Å². The van der Waals surface area contributed by atoms with Crippen molar-refractivity contribution in [3.63, 3.8) is 0 Å². The van der Waals surface area contributed by atoms with E-state index < -0.39 is 5.91 Å². The first-order chi connectivity index (χ1) is 15.4. The van der Waals surface area contributed by atoms with Crippen molar-refractivity contribution in [2.75, 3.05) is 23.3 Å². The Labute approximate surface area is 192 Å². The minimum absolute atomic E-state index is 0.0725. The Hall–Kier alpha value is -3.47. The Kier molecular flexibility index (Phi) is 5.04. The van der Waals surface area contributed by atoms with Crippen molar-refractivity contribution < 1.29 is 4.79 Å². The molecule has 4 aromatic rings. The molecule has 0 bridgehead atoms. The van der Waals surface area contributed by atoms with Crippen molar-refractivity contribution in [2.45, 2.75) is 13.0 Å². The molecule has 0 aromatic carbocycles. The van der Waals surface area contributed by atoms with E-state index in [0.717, 1.165) is 27.7 Å². The third-order valence-electron chi connectivity index (χ3n) is 5.77. The lowest BCUT2D eigenvalue weighted by Crippen LogP contribution is -2.30. The maximum Gasteiger partial charge on any atom is 0.252 e. The summed E-state index contributed by atoms with van der Waals surface area (Å²) in [6.45, 7) is 3.66. The Bertz CT molecular complexity index is 1300. The normalized spacial score (nSPS) is 18.4. The van der Waals surface area contributed by atoms with Crippen molar-refractivity contribution in [3.05, 3.63) is 53.3 Å². The molecular formula is C21H22BrN9O. The number of carbonyl (C=O) groups excluding carboxylic acids is 1. The number of nitrogens with two attached hydrogens (primary N) is 1. The summed E-state index contributed by atoms with van der Waals surface area (Å²) in [7, 11) is 1.87. The summed E-state index contributed by atoms with van der Waals surface area (Å²) in [6, 6.07) is 2.07. The second kappa shape index (κ2) is 7.90. The van der Waals surface area contributed by atoms with E-state index in [1.165, 1.54) is 6.20 Å². The van der Waals surface area contributed by atoms with Crippen LogP contribution in [0.25, 0.3) is 16.6 Å². The fraction of sp³-hybridized carbons (Fsp3) is 0.286. The molecule has 4 aromatic heterocycles. The number of nitrogens with one attached hydrogen (secondary N) is 1. The van der Waals surface area contributed by atoms with Gasteiger partial charge in [0.15, 0.2) is 0 Å². The summed E-state index contributed by atoms with van der Waals surface area (Å²) < 4.78 is 4.34. The zero-order valence-electron chi connectivity index (χ0n) is 17.6. The van der Waals surface area contributed by atoms with E-state index in [-0.39, 0.29) is 6.04 Å². The molecule has 1 fully saturated rings. The standard InChI is InChI=1S/C21H22BrN9O/c1-12-8-30(21-24-5-15(22)6-25-21)11-17(12)28-19-16(20(23)32)7-27-31-10-13(3-18(19)31)14-4-26-29(2)9-14/h3-7,9-10,12,17,28H,8,11H2,1-2H3,(H2,23,32)/t12-,17+/m0/s1. The number of primary amides is 1. The van der Waals surface area contributed by atoms with Gasteiger partial charge in [-0.05, 0) is 27.9 Å². The minimum atomic E-state index is -0.523. The lowest BCUT2D eigenvalue weighted by atomic mass is 10.1. The van der Waals surface area contributed by atoms with Gasteiger partial charge in [0.05, 0.1) is 33.6 Å². The molecule has 5 heterocycles. The molecule has 1 aliphatic heterocycles. The minimum Gasteiger partial charge on any atom is -0.378 e. The molecule has 0 radical (unpaired) electrons. The topological polar surface area (TPSA) is 119 Å². The predicted octanol–water partition coefficient (Wildman–Crippen LogP) is 2.32. The number of amides is 1. The van der Waals surface area contributed by atoms with E-state index >= 15 is 0 Å². The van der Waals surface area contributed by atoms with Gasteiger partial charge in [-0.2, -0.15) is 10.2 Å². The Morgan fingerprint density at radius 2 is 1.91 bits per heavy atom. The summed E-state index contributed by atoms with van der Waals surface area (Å²) >= 11 is 3.37. The number of aromatic nitrogens is 6. The van der Waals surface area contributed by atoms with Gasteiger partial charge in [0.2, 0.25) is 5.95 Å². The molecule has 11 heteroatoms. The van der Waals surface area contributed by atoms with Crippen molar-refractivity contribution in [2.24, 2.45) is 18.7 Å². The highest BCUT2D eigenvalue weighted by Crippen LogP contribution is 2.31. The number of fused-ring (bicyclic) bond motifs is 1. The molecule has 1 saturated heterocycles. The van der Waals surface area contributed by atoms with Gasteiger partial charge in [-0.1, -0.05) is 6.92 Å². The fourth-order valence-corrected chi connectivity index (χ4v) is 4.30. The molecule has 5 rings (SSSR count). The van der Waals surface area contributed by atoms with Crippen LogP contribution in [0.4, 0.5) is 11.6 Å². The van der Waals surface area contributed by atoms with Gasteiger partial charge in [0.1, 0.15) is 0 Å². The van der Waals surface area contributed by atoms with Crippen LogP contribution in [0.2, 0.25) is 0 Å². The number of hydrogen-bond acceptors (Lipinski definition) is 7. The first kappa shape index (κ1) is 20.4. The van der Waals surface area contributed by atoms with E-state index in [1.54, 1.807) is 27.8 Å². The van der Waals surface area contributed by atoms with Gasteiger partial charge in [-0.15, -0.1) is 0 Å². The zero-order valence-corrected chi connectivity index (χ0v) is 19.2. The zero-order chi connectivity index (χ0) is 22.4.